The quantitative estimate of drug-likeness (QED) is 0.742. The predicted molar refractivity (Wildman–Crippen MR) is 79.2 cm³/mol. The number of aromatic nitrogens is 4. The van der Waals surface area contributed by atoms with Crippen molar-refractivity contribution in [3.05, 3.63) is 3.70 Å². The maximum absolute atomic E-state index is 9.15. The highest BCUT2D eigenvalue weighted by Crippen LogP contribution is 2.34. The topological polar surface area (TPSA) is 108 Å². The van der Waals surface area contributed by atoms with Gasteiger partial charge in [-0.05, 0) is 35.4 Å². The maximum Gasteiger partial charge on any atom is 0.230 e. The van der Waals surface area contributed by atoms with E-state index in [1.165, 1.54) is 7.11 Å². The van der Waals surface area contributed by atoms with Crippen LogP contribution in [0.2, 0.25) is 0 Å². The second-order valence-electron chi connectivity index (χ2n) is 4.50. The van der Waals surface area contributed by atoms with E-state index in [0.29, 0.717) is 11.5 Å². The SMILES string of the molecule is COc1nc(N)nc2c1c(I)nn2[C@H]1CC[C@@H](CO)O1. The van der Waals surface area contributed by atoms with Gasteiger partial charge in [-0.25, -0.2) is 4.68 Å². The van der Waals surface area contributed by atoms with Crippen LogP contribution in [0.4, 0.5) is 5.95 Å². The lowest BCUT2D eigenvalue weighted by molar-refractivity contribution is -0.0264. The Morgan fingerprint density at radius 1 is 1.50 bits per heavy atom. The third kappa shape index (κ3) is 2.19. The number of anilines is 1. The highest BCUT2D eigenvalue weighted by molar-refractivity contribution is 14.1. The van der Waals surface area contributed by atoms with Crippen LogP contribution in [-0.4, -0.2) is 44.7 Å². The molecule has 2 atom stereocenters. The fraction of sp³-hybridized carbons (Fsp3) is 0.545. The first-order chi connectivity index (χ1) is 9.63. The van der Waals surface area contributed by atoms with Crippen LogP contribution in [0.1, 0.15) is 19.1 Å². The van der Waals surface area contributed by atoms with Crippen molar-refractivity contribution >= 4 is 39.6 Å². The summed E-state index contributed by atoms with van der Waals surface area (Å²) in [6.45, 7) is 0.00718. The number of nitrogen functional groups attached to an aromatic ring is 1. The lowest BCUT2D eigenvalue weighted by atomic mass is 10.2. The van der Waals surface area contributed by atoms with Gasteiger partial charge in [0.15, 0.2) is 11.9 Å². The Morgan fingerprint density at radius 2 is 2.30 bits per heavy atom. The molecule has 0 aromatic carbocycles. The highest BCUT2D eigenvalue weighted by atomic mass is 127. The molecule has 1 fully saturated rings. The van der Waals surface area contributed by atoms with Crippen LogP contribution in [0, 0.1) is 3.70 Å². The van der Waals surface area contributed by atoms with Gasteiger partial charge in [-0.1, -0.05) is 0 Å². The molecule has 108 valence electrons. The highest BCUT2D eigenvalue weighted by Gasteiger charge is 2.30. The lowest BCUT2D eigenvalue weighted by Gasteiger charge is -2.13. The minimum atomic E-state index is -0.253. The van der Waals surface area contributed by atoms with E-state index in [2.05, 4.69) is 37.7 Å². The molecule has 1 saturated heterocycles. The standard InChI is InChI=1S/C11H14IN5O3/c1-19-10-7-8(12)16-17(9(7)14-11(13)15-10)6-3-2-5(4-18)20-6/h5-6,18H,2-4H2,1H3,(H2,13,14,15)/t5-,6+/m0/s1. The van der Waals surface area contributed by atoms with Gasteiger partial charge in [0, 0.05) is 0 Å². The van der Waals surface area contributed by atoms with E-state index in [4.69, 9.17) is 20.3 Å². The van der Waals surface area contributed by atoms with Crippen LogP contribution in [0.25, 0.3) is 11.0 Å². The molecule has 0 radical (unpaired) electrons. The van der Waals surface area contributed by atoms with E-state index >= 15 is 0 Å². The van der Waals surface area contributed by atoms with Crippen molar-refractivity contribution in [2.45, 2.75) is 25.2 Å². The van der Waals surface area contributed by atoms with Crippen LogP contribution in [-0.2, 0) is 4.74 Å². The molecule has 8 nitrogen and oxygen atoms in total. The Balaban J connectivity index is 2.11. The molecule has 0 aliphatic carbocycles. The largest absolute Gasteiger partial charge is 0.480 e. The average Bonchev–Trinajstić information content (AvgIpc) is 3.02. The van der Waals surface area contributed by atoms with Gasteiger partial charge in [-0.3, -0.25) is 0 Å². The Kier molecular flexibility index (Phi) is 3.65. The molecule has 0 saturated carbocycles. The molecule has 0 amide bonds. The second kappa shape index (κ2) is 5.30. The first-order valence-electron chi connectivity index (χ1n) is 6.15. The van der Waals surface area contributed by atoms with Crippen molar-refractivity contribution in [3.8, 4) is 5.88 Å². The monoisotopic (exact) mass is 391 g/mol. The minimum absolute atomic E-state index is 0.00718. The van der Waals surface area contributed by atoms with E-state index in [0.717, 1.165) is 21.9 Å². The number of aliphatic hydroxyl groups excluding tert-OH is 1. The zero-order chi connectivity index (χ0) is 14.3. The van der Waals surface area contributed by atoms with Crippen molar-refractivity contribution in [2.75, 3.05) is 19.5 Å². The number of hydrogen-bond donors (Lipinski definition) is 2. The summed E-state index contributed by atoms with van der Waals surface area (Å²) in [5, 5.41) is 14.3. The van der Waals surface area contributed by atoms with Crippen molar-refractivity contribution in [2.24, 2.45) is 0 Å². The van der Waals surface area contributed by atoms with E-state index < -0.39 is 0 Å². The predicted octanol–water partition coefficient (Wildman–Crippen LogP) is 0.692. The zero-order valence-electron chi connectivity index (χ0n) is 10.8. The van der Waals surface area contributed by atoms with Crippen LogP contribution in [0.3, 0.4) is 0 Å². The summed E-state index contributed by atoms with van der Waals surface area (Å²) in [7, 11) is 1.53. The van der Waals surface area contributed by atoms with Crippen LogP contribution >= 0.6 is 22.6 Å². The fourth-order valence-corrected chi connectivity index (χ4v) is 3.04. The smallest absolute Gasteiger partial charge is 0.230 e. The van der Waals surface area contributed by atoms with Crippen molar-refractivity contribution < 1.29 is 14.6 Å². The van der Waals surface area contributed by atoms with Gasteiger partial charge in [0.1, 0.15) is 9.09 Å². The van der Waals surface area contributed by atoms with Gasteiger partial charge in [-0.2, -0.15) is 15.1 Å². The Bertz CT molecular complexity index is 647. The van der Waals surface area contributed by atoms with E-state index in [9.17, 15) is 0 Å². The van der Waals surface area contributed by atoms with Gasteiger partial charge in [0.05, 0.1) is 19.8 Å². The molecule has 3 N–H and O–H groups in total. The van der Waals surface area contributed by atoms with Crippen molar-refractivity contribution in [1.29, 1.82) is 0 Å². The lowest BCUT2D eigenvalue weighted by Crippen LogP contribution is -2.15. The van der Waals surface area contributed by atoms with E-state index in [1.54, 1.807) is 4.68 Å². The number of methoxy groups -OCH3 is 1. The minimum Gasteiger partial charge on any atom is -0.480 e. The van der Waals surface area contributed by atoms with Gasteiger partial charge in [0.25, 0.3) is 0 Å². The Hall–Kier alpha value is -1.20. The summed E-state index contributed by atoms with van der Waals surface area (Å²) >= 11 is 2.10. The van der Waals surface area contributed by atoms with Crippen molar-refractivity contribution in [1.82, 2.24) is 19.7 Å². The number of rotatable bonds is 3. The number of halogens is 1. The number of aliphatic hydroxyl groups is 1. The molecule has 1 aliphatic heterocycles. The molecule has 9 heteroatoms. The molecule has 2 aromatic heterocycles. The first-order valence-corrected chi connectivity index (χ1v) is 7.23. The molecule has 0 bridgehead atoms. The average molecular weight is 391 g/mol. The summed E-state index contributed by atoms with van der Waals surface area (Å²) in [5.74, 6) is 0.531. The number of nitrogens with two attached hydrogens (primary N) is 1. The molecule has 3 rings (SSSR count). The Labute approximate surface area is 128 Å². The summed E-state index contributed by atoms with van der Waals surface area (Å²) in [4.78, 5) is 8.30. The van der Waals surface area contributed by atoms with Crippen LogP contribution in [0.15, 0.2) is 0 Å². The molecule has 0 unspecified atom stereocenters. The summed E-state index contributed by atoms with van der Waals surface area (Å²) < 4.78 is 13.4. The van der Waals surface area contributed by atoms with Gasteiger partial charge in [-0.15, -0.1) is 0 Å². The molecular weight excluding hydrogens is 377 g/mol. The number of hydrogen-bond acceptors (Lipinski definition) is 7. The molecule has 0 spiro atoms. The van der Waals surface area contributed by atoms with Crippen LogP contribution in [0.5, 0.6) is 5.88 Å². The molecule has 2 aromatic rings. The number of ether oxygens (including phenoxy) is 2. The molecular formula is C11H14IN5O3. The fourth-order valence-electron chi connectivity index (χ4n) is 2.33. The molecule has 1 aliphatic rings. The first kappa shape index (κ1) is 13.8. The summed E-state index contributed by atoms with van der Waals surface area (Å²) in [6, 6.07) is 0. The second-order valence-corrected chi connectivity index (χ2v) is 5.52. The number of fused-ring (bicyclic) bond motifs is 1. The Morgan fingerprint density at radius 3 is 2.95 bits per heavy atom. The summed E-state index contributed by atoms with van der Waals surface area (Å²) in [5.41, 5.74) is 6.29. The van der Waals surface area contributed by atoms with E-state index in [-0.39, 0.29) is 24.9 Å². The maximum atomic E-state index is 9.15. The third-order valence-corrected chi connectivity index (χ3v) is 4.00. The normalized spacial score (nSPS) is 22.6. The molecule has 3 heterocycles. The van der Waals surface area contributed by atoms with Crippen LogP contribution < -0.4 is 10.5 Å². The third-order valence-electron chi connectivity index (χ3n) is 3.25. The summed E-state index contributed by atoms with van der Waals surface area (Å²) in [6.07, 6.45) is 1.15. The van der Waals surface area contributed by atoms with Gasteiger partial charge >= 0.3 is 0 Å². The van der Waals surface area contributed by atoms with E-state index in [1.807, 2.05) is 0 Å². The van der Waals surface area contributed by atoms with Crippen molar-refractivity contribution in [3.63, 3.8) is 0 Å². The number of nitrogens with zero attached hydrogens (tertiary/aromatic N) is 4. The van der Waals surface area contributed by atoms with Gasteiger partial charge < -0.3 is 20.3 Å². The zero-order valence-corrected chi connectivity index (χ0v) is 12.9. The van der Waals surface area contributed by atoms with Gasteiger partial charge in [0.2, 0.25) is 11.8 Å². The molecule has 20 heavy (non-hydrogen) atoms.